The minimum Gasteiger partial charge on any atom is -0.496 e. The molecule has 104 valence electrons. The number of carbonyl (C=O) groups excluding carboxylic acids is 1. The van der Waals surface area contributed by atoms with Crippen LogP contribution in [0.1, 0.15) is 21.5 Å². The van der Waals surface area contributed by atoms with Crippen LogP contribution in [-0.2, 0) is 6.61 Å². The third kappa shape index (κ3) is 3.50. The van der Waals surface area contributed by atoms with Gasteiger partial charge in [-0.05, 0) is 24.1 Å². The molecular weight excluding hydrogens is 367 g/mol. The first-order valence-corrected chi connectivity index (χ1v) is 7.25. The molecule has 0 bridgehead atoms. The zero-order chi connectivity index (χ0) is 14.5. The number of benzene rings is 2. The van der Waals surface area contributed by atoms with Gasteiger partial charge in [0.15, 0.2) is 0 Å². The summed E-state index contributed by atoms with van der Waals surface area (Å²) in [5, 5.41) is 0. The molecule has 0 saturated heterocycles. The Kier molecular flexibility index (Phi) is 5.00. The SMILES string of the molecule is COc1cc(OCc2ccccc2)cc(C)c1C(=O)I. The summed E-state index contributed by atoms with van der Waals surface area (Å²) in [6, 6.07) is 13.5. The molecule has 0 aliphatic carbocycles. The normalized spacial score (nSPS) is 10.2. The second-order valence-corrected chi connectivity index (χ2v) is 5.35. The molecule has 20 heavy (non-hydrogen) atoms. The first-order valence-electron chi connectivity index (χ1n) is 6.17. The second kappa shape index (κ2) is 6.74. The Labute approximate surface area is 132 Å². The van der Waals surface area contributed by atoms with Gasteiger partial charge >= 0.3 is 0 Å². The molecule has 0 radical (unpaired) electrons. The largest absolute Gasteiger partial charge is 0.496 e. The molecule has 0 N–H and O–H groups in total. The van der Waals surface area contributed by atoms with Crippen molar-refractivity contribution in [1.82, 2.24) is 0 Å². The predicted molar refractivity (Wildman–Crippen MR) is 86.9 cm³/mol. The van der Waals surface area contributed by atoms with Crippen molar-refractivity contribution in [2.24, 2.45) is 0 Å². The number of rotatable bonds is 5. The number of hydrogen-bond donors (Lipinski definition) is 0. The number of halogens is 1. The summed E-state index contributed by atoms with van der Waals surface area (Å²) < 4.78 is 11.0. The number of aryl methyl sites for hydroxylation is 1. The number of ether oxygens (including phenoxy) is 2. The predicted octanol–water partition coefficient (Wildman–Crippen LogP) is 4.16. The van der Waals surface area contributed by atoms with E-state index in [9.17, 15) is 4.79 Å². The van der Waals surface area contributed by atoms with Crippen molar-refractivity contribution in [3.63, 3.8) is 0 Å². The monoisotopic (exact) mass is 382 g/mol. The highest BCUT2D eigenvalue weighted by Crippen LogP contribution is 2.30. The second-order valence-electron chi connectivity index (χ2n) is 4.37. The fourth-order valence-electron chi connectivity index (χ4n) is 1.96. The van der Waals surface area contributed by atoms with Crippen molar-refractivity contribution in [3.05, 3.63) is 59.2 Å². The Morgan fingerprint density at radius 3 is 2.50 bits per heavy atom. The smallest absolute Gasteiger partial charge is 0.226 e. The van der Waals surface area contributed by atoms with Crippen LogP contribution in [0.25, 0.3) is 0 Å². The van der Waals surface area contributed by atoms with Crippen molar-refractivity contribution >= 4 is 26.4 Å². The van der Waals surface area contributed by atoms with Crippen LogP contribution in [0.15, 0.2) is 42.5 Å². The van der Waals surface area contributed by atoms with E-state index in [1.54, 1.807) is 35.8 Å². The van der Waals surface area contributed by atoms with Crippen LogP contribution >= 0.6 is 22.6 Å². The van der Waals surface area contributed by atoms with Gasteiger partial charge in [-0.1, -0.05) is 30.3 Å². The van der Waals surface area contributed by atoms with E-state index in [4.69, 9.17) is 9.47 Å². The zero-order valence-electron chi connectivity index (χ0n) is 11.4. The maximum absolute atomic E-state index is 11.6. The minimum atomic E-state index is -0.0356. The summed E-state index contributed by atoms with van der Waals surface area (Å²) >= 11 is 1.77. The average molecular weight is 382 g/mol. The van der Waals surface area contributed by atoms with Gasteiger partial charge in [-0.3, -0.25) is 4.79 Å². The van der Waals surface area contributed by atoms with Crippen molar-refractivity contribution in [3.8, 4) is 11.5 Å². The van der Waals surface area contributed by atoms with E-state index < -0.39 is 0 Å². The van der Waals surface area contributed by atoms with Crippen LogP contribution in [0.4, 0.5) is 0 Å². The fraction of sp³-hybridized carbons (Fsp3) is 0.188. The van der Waals surface area contributed by atoms with Gasteiger partial charge in [0.1, 0.15) is 18.1 Å². The molecule has 3 nitrogen and oxygen atoms in total. The van der Waals surface area contributed by atoms with Crippen LogP contribution in [-0.4, -0.2) is 10.9 Å². The molecule has 0 aliphatic heterocycles. The summed E-state index contributed by atoms with van der Waals surface area (Å²) in [6.07, 6.45) is 0. The van der Waals surface area contributed by atoms with E-state index >= 15 is 0 Å². The van der Waals surface area contributed by atoms with Crippen molar-refractivity contribution in [2.45, 2.75) is 13.5 Å². The highest BCUT2D eigenvalue weighted by Gasteiger charge is 2.14. The van der Waals surface area contributed by atoms with Crippen LogP contribution in [0, 0.1) is 6.92 Å². The van der Waals surface area contributed by atoms with Gasteiger partial charge in [0.25, 0.3) is 0 Å². The van der Waals surface area contributed by atoms with E-state index in [1.807, 2.05) is 43.3 Å². The number of hydrogen-bond acceptors (Lipinski definition) is 3. The van der Waals surface area contributed by atoms with Crippen molar-refractivity contribution in [2.75, 3.05) is 7.11 Å². The molecule has 0 saturated carbocycles. The summed E-state index contributed by atoms with van der Waals surface area (Å²) in [6.45, 7) is 2.37. The lowest BCUT2D eigenvalue weighted by atomic mass is 10.1. The molecule has 0 spiro atoms. The topological polar surface area (TPSA) is 35.5 Å². The molecule has 0 atom stereocenters. The van der Waals surface area contributed by atoms with E-state index in [0.29, 0.717) is 23.7 Å². The molecule has 0 aliphatic rings. The van der Waals surface area contributed by atoms with Gasteiger partial charge in [-0.15, -0.1) is 0 Å². The van der Waals surface area contributed by atoms with Gasteiger partial charge in [-0.25, -0.2) is 0 Å². The lowest BCUT2D eigenvalue weighted by Gasteiger charge is -2.12. The molecule has 0 unspecified atom stereocenters. The Balaban J connectivity index is 2.21. The van der Waals surface area contributed by atoms with Crippen LogP contribution < -0.4 is 9.47 Å². The van der Waals surface area contributed by atoms with E-state index in [1.165, 1.54) is 0 Å². The minimum absolute atomic E-state index is 0.0356. The Hall–Kier alpha value is -1.56. The molecule has 0 aromatic heterocycles. The van der Waals surface area contributed by atoms with Crippen molar-refractivity contribution < 1.29 is 14.3 Å². The van der Waals surface area contributed by atoms with Gasteiger partial charge in [-0.2, -0.15) is 0 Å². The lowest BCUT2D eigenvalue weighted by molar-refractivity contribution is 0.110. The molecule has 2 aromatic carbocycles. The standard InChI is InChI=1S/C16H15IO3/c1-11-8-13(9-14(19-2)15(11)16(17)18)20-10-12-6-4-3-5-7-12/h3-9H,10H2,1-2H3. The van der Waals surface area contributed by atoms with Gasteiger partial charge < -0.3 is 9.47 Å². The molecule has 0 heterocycles. The molecule has 0 amide bonds. The maximum Gasteiger partial charge on any atom is 0.226 e. The zero-order valence-corrected chi connectivity index (χ0v) is 13.5. The lowest BCUT2D eigenvalue weighted by Crippen LogP contribution is -2.01. The molecule has 2 rings (SSSR count). The summed E-state index contributed by atoms with van der Waals surface area (Å²) in [4.78, 5) is 11.6. The number of methoxy groups -OCH3 is 1. The Morgan fingerprint density at radius 2 is 1.90 bits per heavy atom. The third-order valence-electron chi connectivity index (χ3n) is 2.94. The molecule has 2 aromatic rings. The van der Waals surface area contributed by atoms with Crippen LogP contribution in [0.3, 0.4) is 0 Å². The quantitative estimate of drug-likeness (QED) is 0.576. The van der Waals surface area contributed by atoms with E-state index in [0.717, 1.165) is 11.1 Å². The van der Waals surface area contributed by atoms with Crippen LogP contribution in [0.2, 0.25) is 0 Å². The Bertz CT molecular complexity index is 609. The highest BCUT2D eigenvalue weighted by molar-refractivity contribution is 14.1. The molecule has 4 heteroatoms. The number of carbonyl (C=O) groups is 1. The highest BCUT2D eigenvalue weighted by atomic mass is 127. The first kappa shape index (κ1) is 14.8. The van der Waals surface area contributed by atoms with E-state index in [-0.39, 0.29) is 3.79 Å². The van der Waals surface area contributed by atoms with Crippen LogP contribution in [0.5, 0.6) is 11.5 Å². The maximum atomic E-state index is 11.6. The van der Waals surface area contributed by atoms with Gasteiger partial charge in [0.05, 0.1) is 12.7 Å². The fourth-order valence-corrected chi connectivity index (χ4v) is 2.65. The summed E-state index contributed by atoms with van der Waals surface area (Å²) in [5.41, 5.74) is 2.55. The average Bonchev–Trinajstić information content (AvgIpc) is 2.45. The first-order chi connectivity index (χ1) is 9.61. The van der Waals surface area contributed by atoms with Gasteiger partial charge in [0, 0.05) is 28.7 Å². The van der Waals surface area contributed by atoms with E-state index in [2.05, 4.69) is 0 Å². The summed E-state index contributed by atoms with van der Waals surface area (Å²) in [5.74, 6) is 1.25. The summed E-state index contributed by atoms with van der Waals surface area (Å²) in [7, 11) is 1.55. The Morgan fingerprint density at radius 1 is 1.20 bits per heavy atom. The molecule has 0 fully saturated rings. The van der Waals surface area contributed by atoms with Crippen molar-refractivity contribution in [1.29, 1.82) is 0 Å². The van der Waals surface area contributed by atoms with Gasteiger partial charge in [0.2, 0.25) is 3.79 Å². The third-order valence-corrected chi connectivity index (χ3v) is 3.48. The molecular formula is C16H15IO3.